The molecular formula is C30H36N6O2. The second kappa shape index (κ2) is 13.6. The van der Waals surface area contributed by atoms with E-state index in [0.29, 0.717) is 35.9 Å². The Morgan fingerprint density at radius 1 is 1.00 bits per heavy atom. The zero-order valence-electron chi connectivity index (χ0n) is 22.4. The highest BCUT2D eigenvalue weighted by Gasteiger charge is 2.10. The normalized spacial score (nSPS) is 12.0. The van der Waals surface area contributed by atoms with Crippen molar-refractivity contribution >= 4 is 23.0 Å². The molecule has 198 valence electrons. The van der Waals surface area contributed by atoms with Gasteiger partial charge in [-0.2, -0.15) is 0 Å². The van der Waals surface area contributed by atoms with Crippen LogP contribution in [0.4, 0.5) is 10.6 Å². The van der Waals surface area contributed by atoms with Crippen LogP contribution in [0.15, 0.2) is 72.9 Å². The van der Waals surface area contributed by atoms with Crippen LogP contribution in [-0.4, -0.2) is 59.2 Å². The number of hydrogen-bond donors (Lipinski definition) is 2. The van der Waals surface area contributed by atoms with Gasteiger partial charge in [-0.1, -0.05) is 48.5 Å². The van der Waals surface area contributed by atoms with E-state index in [9.17, 15) is 4.79 Å². The van der Waals surface area contributed by atoms with E-state index in [1.54, 1.807) is 12.3 Å². The van der Waals surface area contributed by atoms with Crippen LogP contribution in [0.25, 0.3) is 22.4 Å². The van der Waals surface area contributed by atoms with Crippen molar-refractivity contribution in [3.05, 3.63) is 84.1 Å². The maximum atomic E-state index is 12.6. The zero-order chi connectivity index (χ0) is 26.7. The molecule has 0 saturated heterocycles. The number of likely N-dealkylation sites (N-methyl/N-ethyl adjacent to an activating group) is 1. The lowest BCUT2D eigenvalue weighted by atomic mass is 10.1. The fourth-order valence-electron chi connectivity index (χ4n) is 4.07. The molecule has 8 nitrogen and oxygen atoms in total. The fraction of sp³-hybridized carbons (Fsp3) is 0.333. The molecule has 0 aliphatic heterocycles. The second-order valence-electron chi connectivity index (χ2n) is 9.73. The number of anilines is 1. The summed E-state index contributed by atoms with van der Waals surface area (Å²) in [6.07, 6.45) is 4.63. The van der Waals surface area contributed by atoms with Gasteiger partial charge in [0.25, 0.3) is 0 Å². The highest BCUT2D eigenvalue weighted by Crippen LogP contribution is 2.21. The van der Waals surface area contributed by atoms with Crippen molar-refractivity contribution in [2.24, 2.45) is 0 Å². The van der Waals surface area contributed by atoms with Crippen LogP contribution in [0.1, 0.15) is 30.9 Å². The molecule has 1 atom stereocenters. The molecule has 0 radical (unpaired) electrons. The first kappa shape index (κ1) is 27.2. The Kier molecular flexibility index (Phi) is 9.72. The molecule has 2 aromatic carbocycles. The van der Waals surface area contributed by atoms with Crippen LogP contribution in [0.2, 0.25) is 0 Å². The molecule has 2 heterocycles. The Balaban J connectivity index is 1.34. The maximum absolute atomic E-state index is 12.6. The lowest BCUT2D eigenvalue weighted by Crippen LogP contribution is -2.36. The number of carbonyl (C=O) groups is 1. The number of benzene rings is 2. The van der Waals surface area contributed by atoms with Crippen LogP contribution < -0.4 is 10.6 Å². The van der Waals surface area contributed by atoms with E-state index in [1.807, 2.05) is 51.4 Å². The van der Waals surface area contributed by atoms with Gasteiger partial charge < -0.3 is 15.0 Å². The molecule has 38 heavy (non-hydrogen) atoms. The average Bonchev–Trinajstić information content (AvgIpc) is 2.91. The molecule has 0 aliphatic carbocycles. The van der Waals surface area contributed by atoms with Gasteiger partial charge in [0.15, 0.2) is 5.65 Å². The zero-order valence-corrected chi connectivity index (χ0v) is 22.4. The van der Waals surface area contributed by atoms with Crippen molar-refractivity contribution in [3.8, 4) is 11.3 Å². The molecule has 0 fully saturated rings. The minimum Gasteiger partial charge on any atom is -0.375 e. The predicted molar refractivity (Wildman–Crippen MR) is 152 cm³/mol. The smallest absolute Gasteiger partial charge is 0.320 e. The predicted octanol–water partition coefficient (Wildman–Crippen LogP) is 5.30. The Bertz CT molecular complexity index is 1330. The summed E-state index contributed by atoms with van der Waals surface area (Å²) in [5.41, 5.74) is 5.18. The molecule has 0 bridgehead atoms. The van der Waals surface area contributed by atoms with Crippen LogP contribution >= 0.6 is 0 Å². The summed E-state index contributed by atoms with van der Waals surface area (Å²) in [6, 6.07) is 21.8. The first-order chi connectivity index (χ1) is 18.5. The summed E-state index contributed by atoms with van der Waals surface area (Å²) < 4.78 is 5.78. The van der Waals surface area contributed by atoms with Crippen molar-refractivity contribution in [1.29, 1.82) is 0 Å². The number of aromatic nitrogens is 3. The van der Waals surface area contributed by atoms with E-state index < -0.39 is 0 Å². The summed E-state index contributed by atoms with van der Waals surface area (Å²) in [5, 5.41) is 5.82. The number of carbonyl (C=O) groups excluding carboxylic acids is 1. The molecule has 8 heteroatoms. The minimum absolute atomic E-state index is 0.0460. The summed E-state index contributed by atoms with van der Waals surface area (Å²) in [4.78, 5) is 28.4. The second-order valence-corrected chi connectivity index (χ2v) is 9.73. The number of amides is 2. The first-order valence-corrected chi connectivity index (χ1v) is 13.0. The van der Waals surface area contributed by atoms with Gasteiger partial charge in [0.2, 0.25) is 0 Å². The Labute approximate surface area is 224 Å². The van der Waals surface area contributed by atoms with Crippen LogP contribution in [0.3, 0.4) is 0 Å². The molecular weight excluding hydrogens is 476 g/mol. The number of fused-ring (bicyclic) bond motifs is 1. The largest absolute Gasteiger partial charge is 0.375 e. The summed E-state index contributed by atoms with van der Waals surface area (Å²) in [5.74, 6) is 0.431. The minimum atomic E-state index is -0.282. The molecule has 0 unspecified atom stereocenters. The molecule has 4 aromatic rings. The van der Waals surface area contributed by atoms with Gasteiger partial charge in [-0.25, -0.2) is 14.8 Å². The number of nitrogens with one attached hydrogen (secondary N) is 2. The van der Waals surface area contributed by atoms with E-state index in [4.69, 9.17) is 9.72 Å². The van der Waals surface area contributed by atoms with Crippen molar-refractivity contribution in [1.82, 2.24) is 25.2 Å². The van der Waals surface area contributed by atoms with Gasteiger partial charge in [0.1, 0.15) is 11.3 Å². The van der Waals surface area contributed by atoms with Crippen LogP contribution in [-0.2, 0) is 17.8 Å². The Morgan fingerprint density at radius 3 is 2.63 bits per heavy atom. The number of hydrogen-bond acceptors (Lipinski definition) is 6. The number of ether oxygens (including phenoxy) is 1. The maximum Gasteiger partial charge on any atom is 0.320 e. The summed E-state index contributed by atoms with van der Waals surface area (Å²) in [6.45, 7) is 4.10. The van der Waals surface area contributed by atoms with E-state index in [0.717, 1.165) is 36.9 Å². The standard InChI is InChI=1S/C30H36N6O2/c1-22(9-7-12-23-10-5-4-6-11-23)32-30(37)35-28-16-15-26-29(34-28)33-27(20-31-26)25-14-8-13-24(19-25)21-38-18-17-36(2)3/h4-6,8,10-11,13-16,19-20,22H,7,9,12,17-18,21H2,1-3H3,(H2,32,33,34,35,37)/t22-/m1/s1. The highest BCUT2D eigenvalue weighted by atomic mass is 16.5. The van der Waals surface area contributed by atoms with Gasteiger partial charge in [-0.15, -0.1) is 0 Å². The van der Waals surface area contributed by atoms with Crippen molar-refractivity contribution < 1.29 is 9.53 Å². The quantitative estimate of drug-likeness (QED) is 0.250. The summed E-state index contributed by atoms with van der Waals surface area (Å²) >= 11 is 0. The van der Waals surface area contributed by atoms with Crippen molar-refractivity contribution in [3.63, 3.8) is 0 Å². The van der Waals surface area contributed by atoms with Crippen molar-refractivity contribution in [2.75, 3.05) is 32.6 Å². The Morgan fingerprint density at radius 2 is 1.82 bits per heavy atom. The molecule has 2 amide bonds. The highest BCUT2D eigenvalue weighted by molar-refractivity contribution is 5.89. The molecule has 2 aromatic heterocycles. The third-order valence-electron chi connectivity index (χ3n) is 6.15. The van der Waals surface area contributed by atoms with E-state index in [-0.39, 0.29) is 12.1 Å². The van der Waals surface area contributed by atoms with E-state index >= 15 is 0 Å². The van der Waals surface area contributed by atoms with Gasteiger partial charge in [0, 0.05) is 18.2 Å². The molecule has 0 saturated carbocycles. The topological polar surface area (TPSA) is 92.3 Å². The van der Waals surface area contributed by atoms with Gasteiger partial charge in [0.05, 0.1) is 25.1 Å². The molecule has 0 spiro atoms. The third-order valence-corrected chi connectivity index (χ3v) is 6.15. The number of nitrogens with zero attached hydrogens (tertiary/aromatic N) is 4. The first-order valence-electron chi connectivity index (χ1n) is 13.0. The number of aryl methyl sites for hydroxylation is 1. The lowest BCUT2D eigenvalue weighted by molar-refractivity contribution is 0.105. The number of pyridine rings is 1. The van der Waals surface area contributed by atoms with Crippen LogP contribution in [0, 0.1) is 0 Å². The molecule has 2 N–H and O–H groups in total. The van der Waals surface area contributed by atoms with Gasteiger partial charge in [-0.3, -0.25) is 10.3 Å². The van der Waals surface area contributed by atoms with E-state index in [2.05, 4.69) is 55.8 Å². The van der Waals surface area contributed by atoms with Gasteiger partial charge in [-0.05, 0) is 69.6 Å². The Hall–Kier alpha value is -3.88. The SMILES string of the molecule is C[C@H](CCCc1ccccc1)NC(=O)Nc1ccc2ncc(-c3cccc(COCCN(C)C)c3)nc2n1. The number of urea groups is 1. The third kappa shape index (κ3) is 8.33. The van der Waals surface area contributed by atoms with E-state index in [1.165, 1.54) is 5.56 Å². The van der Waals surface area contributed by atoms with Gasteiger partial charge >= 0.3 is 6.03 Å². The lowest BCUT2D eigenvalue weighted by Gasteiger charge is -2.14. The monoisotopic (exact) mass is 512 g/mol. The molecule has 0 aliphatic rings. The molecule has 4 rings (SSSR count). The number of rotatable bonds is 12. The van der Waals surface area contributed by atoms with Crippen molar-refractivity contribution in [2.45, 2.75) is 38.8 Å². The van der Waals surface area contributed by atoms with Crippen LogP contribution in [0.5, 0.6) is 0 Å². The summed E-state index contributed by atoms with van der Waals surface area (Å²) in [7, 11) is 4.05. The fourth-order valence-corrected chi connectivity index (χ4v) is 4.07. The average molecular weight is 513 g/mol.